The Morgan fingerprint density at radius 2 is 1.44 bits per heavy atom. The average Bonchev–Trinajstić information content (AvgIpc) is 3.13. The number of rotatable bonds is 5. The molecule has 0 unspecified atom stereocenters. The second kappa shape index (κ2) is 7.51. The minimum Gasteiger partial charge on any atom is -0.456 e. The molecule has 5 rings (SSSR count). The summed E-state index contributed by atoms with van der Waals surface area (Å²) < 4.78 is 12.7. The van der Waals surface area contributed by atoms with E-state index in [1.165, 1.54) is 5.39 Å². The van der Waals surface area contributed by atoms with Gasteiger partial charge in [0.2, 0.25) is 0 Å². The van der Waals surface area contributed by atoms with Crippen LogP contribution in [0.2, 0.25) is 0 Å². The zero-order chi connectivity index (χ0) is 22.5. The van der Waals surface area contributed by atoms with Crippen LogP contribution in [-0.4, -0.2) is 23.8 Å². The smallest absolute Gasteiger partial charge is 0.310 e. The molecule has 0 amide bonds. The van der Waals surface area contributed by atoms with Crippen LogP contribution >= 0.6 is 0 Å². The molecule has 0 fully saturated rings. The molecule has 0 bridgehead atoms. The molecule has 1 N–H and O–H groups in total. The van der Waals surface area contributed by atoms with E-state index in [-0.39, 0.29) is 0 Å². The van der Waals surface area contributed by atoms with E-state index in [4.69, 9.17) is 9.07 Å². The van der Waals surface area contributed by atoms with Crippen molar-refractivity contribution in [3.63, 3.8) is 0 Å². The highest BCUT2D eigenvalue weighted by Crippen LogP contribution is 2.34. The number of furan rings is 1. The summed E-state index contributed by atoms with van der Waals surface area (Å²) in [4.78, 5) is 0. The van der Waals surface area contributed by atoms with Crippen LogP contribution in [0.4, 0.5) is 0 Å². The quantitative estimate of drug-likeness (QED) is 0.356. The van der Waals surface area contributed by atoms with E-state index in [9.17, 15) is 5.11 Å². The van der Waals surface area contributed by atoms with Crippen molar-refractivity contribution in [2.75, 3.05) is 0 Å². The van der Waals surface area contributed by atoms with Gasteiger partial charge in [-0.05, 0) is 73.3 Å². The molecule has 32 heavy (non-hydrogen) atoms. The van der Waals surface area contributed by atoms with Gasteiger partial charge in [0.1, 0.15) is 11.2 Å². The molecule has 4 heteroatoms. The molecule has 0 spiro atoms. The summed E-state index contributed by atoms with van der Waals surface area (Å²) in [7, 11) is 0.361. The fourth-order valence-corrected chi connectivity index (χ4v) is 4.09. The first-order valence-electron chi connectivity index (χ1n) is 11.0. The van der Waals surface area contributed by atoms with Crippen LogP contribution in [0, 0.1) is 0 Å². The van der Waals surface area contributed by atoms with Crippen molar-refractivity contribution in [1.82, 2.24) is 0 Å². The van der Waals surface area contributed by atoms with Crippen molar-refractivity contribution < 1.29 is 14.2 Å². The fraction of sp³-hybridized carbons (Fsp3) is 0.214. The minimum atomic E-state index is -0.984. The molecule has 0 aliphatic heterocycles. The number of fused-ring (bicyclic) bond motifs is 4. The van der Waals surface area contributed by atoms with Gasteiger partial charge in [-0.25, -0.2) is 0 Å². The lowest BCUT2D eigenvalue weighted by molar-refractivity contribution is -0.0892. The maximum atomic E-state index is 10.6. The highest BCUT2D eigenvalue weighted by Gasteiger charge is 2.36. The Labute approximate surface area is 188 Å². The molecular formula is C28H27BO3. The minimum absolute atomic E-state index is 0.361. The van der Waals surface area contributed by atoms with E-state index in [1.54, 1.807) is 13.8 Å². The Bertz CT molecular complexity index is 1430. The zero-order valence-electron chi connectivity index (χ0n) is 19.0. The summed E-state index contributed by atoms with van der Waals surface area (Å²) in [6.45, 7) is 7.42. The third-order valence-corrected chi connectivity index (χ3v) is 6.75. The first-order chi connectivity index (χ1) is 15.2. The second-order valence-electron chi connectivity index (χ2n) is 9.49. The van der Waals surface area contributed by atoms with Crippen LogP contribution in [0.25, 0.3) is 43.8 Å². The molecule has 1 aromatic heterocycles. The molecule has 4 aromatic carbocycles. The zero-order valence-corrected chi connectivity index (χ0v) is 19.0. The van der Waals surface area contributed by atoms with E-state index in [2.05, 4.69) is 48.5 Å². The van der Waals surface area contributed by atoms with Crippen LogP contribution < -0.4 is 5.46 Å². The van der Waals surface area contributed by atoms with E-state index in [0.717, 1.165) is 43.9 Å². The standard InChI is InChI=1S/C28H27BO3/c1-27(2,30)28(3,4)32-29-26-21(18-10-6-5-7-11-18)14-15-23-25(26)22-16-19-12-8-9-13-20(19)17-24(22)31-23/h5-17,29-30H,1-4H3. The maximum absolute atomic E-state index is 10.6. The Kier molecular flexibility index (Phi) is 4.88. The predicted octanol–water partition coefficient (Wildman–Crippen LogP) is 5.95. The van der Waals surface area contributed by atoms with Crippen molar-refractivity contribution in [3.8, 4) is 11.1 Å². The number of benzene rings is 4. The lowest BCUT2D eigenvalue weighted by atomic mass is 9.76. The molecule has 0 saturated carbocycles. The molecule has 1 heterocycles. The summed E-state index contributed by atoms with van der Waals surface area (Å²) in [5.41, 5.74) is 3.31. The van der Waals surface area contributed by atoms with Gasteiger partial charge in [-0.15, -0.1) is 0 Å². The molecule has 5 aromatic rings. The normalized spacial score (nSPS) is 12.7. The van der Waals surface area contributed by atoms with Gasteiger partial charge in [-0.3, -0.25) is 0 Å². The lowest BCUT2D eigenvalue weighted by Crippen LogP contribution is -2.49. The Morgan fingerprint density at radius 3 is 2.12 bits per heavy atom. The van der Waals surface area contributed by atoms with E-state index in [1.807, 2.05) is 44.2 Å². The van der Waals surface area contributed by atoms with Crippen LogP contribution in [0.3, 0.4) is 0 Å². The van der Waals surface area contributed by atoms with Gasteiger partial charge < -0.3 is 14.2 Å². The summed E-state index contributed by atoms with van der Waals surface area (Å²) >= 11 is 0. The van der Waals surface area contributed by atoms with Crippen molar-refractivity contribution in [1.29, 1.82) is 0 Å². The van der Waals surface area contributed by atoms with Gasteiger partial charge in [0.25, 0.3) is 0 Å². The van der Waals surface area contributed by atoms with Crippen LogP contribution in [-0.2, 0) is 4.65 Å². The Balaban J connectivity index is 1.77. The molecular weight excluding hydrogens is 395 g/mol. The fourth-order valence-electron chi connectivity index (χ4n) is 4.09. The van der Waals surface area contributed by atoms with E-state index >= 15 is 0 Å². The number of aliphatic hydroxyl groups is 1. The predicted molar refractivity (Wildman–Crippen MR) is 135 cm³/mol. The highest BCUT2D eigenvalue weighted by atomic mass is 16.5. The van der Waals surface area contributed by atoms with Crippen molar-refractivity contribution >= 4 is 45.7 Å². The number of hydrogen-bond donors (Lipinski definition) is 1. The lowest BCUT2D eigenvalue weighted by Gasteiger charge is -2.37. The van der Waals surface area contributed by atoms with Gasteiger partial charge in [0.15, 0.2) is 0 Å². The highest BCUT2D eigenvalue weighted by molar-refractivity contribution is 6.55. The molecule has 0 atom stereocenters. The summed E-state index contributed by atoms with van der Waals surface area (Å²) in [6, 6.07) is 27.1. The molecule has 0 saturated heterocycles. The van der Waals surface area contributed by atoms with Gasteiger partial charge in [0.05, 0.1) is 11.2 Å². The van der Waals surface area contributed by atoms with Crippen LogP contribution in [0.1, 0.15) is 27.7 Å². The first kappa shape index (κ1) is 20.8. The summed E-state index contributed by atoms with van der Waals surface area (Å²) in [5, 5.41) is 15.1. The van der Waals surface area contributed by atoms with Crippen LogP contribution in [0.5, 0.6) is 0 Å². The van der Waals surface area contributed by atoms with Crippen molar-refractivity contribution in [2.45, 2.75) is 38.9 Å². The third kappa shape index (κ3) is 3.50. The van der Waals surface area contributed by atoms with Crippen molar-refractivity contribution in [3.05, 3.63) is 78.9 Å². The topological polar surface area (TPSA) is 42.6 Å². The van der Waals surface area contributed by atoms with Gasteiger partial charge >= 0.3 is 7.48 Å². The Morgan fingerprint density at radius 1 is 0.781 bits per heavy atom. The number of hydrogen-bond acceptors (Lipinski definition) is 3. The van der Waals surface area contributed by atoms with Crippen molar-refractivity contribution in [2.24, 2.45) is 0 Å². The largest absolute Gasteiger partial charge is 0.456 e. The van der Waals surface area contributed by atoms with E-state index < -0.39 is 11.2 Å². The molecule has 160 valence electrons. The second-order valence-corrected chi connectivity index (χ2v) is 9.49. The average molecular weight is 422 g/mol. The molecule has 3 nitrogen and oxygen atoms in total. The maximum Gasteiger partial charge on any atom is 0.310 e. The van der Waals surface area contributed by atoms with E-state index in [0.29, 0.717) is 7.48 Å². The monoisotopic (exact) mass is 422 g/mol. The molecule has 0 aliphatic rings. The van der Waals surface area contributed by atoms with Crippen LogP contribution in [0.15, 0.2) is 83.3 Å². The SMILES string of the molecule is CC(C)(O)C(C)(C)OBc1c(-c2ccccc2)ccc2oc3cc4ccccc4cc3c12. The van der Waals surface area contributed by atoms with Gasteiger partial charge in [-0.1, -0.05) is 60.7 Å². The van der Waals surface area contributed by atoms with Gasteiger partial charge in [0, 0.05) is 10.8 Å². The van der Waals surface area contributed by atoms with Gasteiger partial charge in [-0.2, -0.15) is 0 Å². The summed E-state index contributed by atoms with van der Waals surface area (Å²) in [6.07, 6.45) is 0. The molecule has 0 aliphatic carbocycles. The Hall–Kier alpha value is -3.08. The molecule has 0 radical (unpaired) electrons. The third-order valence-electron chi connectivity index (χ3n) is 6.75. The summed E-state index contributed by atoms with van der Waals surface area (Å²) in [5.74, 6) is 0. The first-order valence-corrected chi connectivity index (χ1v) is 11.0.